The molecule has 0 aliphatic heterocycles. The van der Waals surface area contributed by atoms with Crippen molar-refractivity contribution in [3.63, 3.8) is 0 Å². The van der Waals surface area contributed by atoms with Crippen molar-refractivity contribution < 1.29 is 23.1 Å². The van der Waals surface area contributed by atoms with Crippen molar-refractivity contribution in [2.45, 2.75) is 25.2 Å². The lowest BCUT2D eigenvalue weighted by atomic mass is 9.90. The van der Waals surface area contributed by atoms with Crippen LogP contribution in [0.25, 0.3) is 16.5 Å². The SMILES string of the molecule is O=C(O)c1cc(F)ccc1Nc1c(C2=CCC(F)(F)CC2)cnc2ccc(Cl)cc12. The third-order valence-corrected chi connectivity index (χ3v) is 5.29. The predicted octanol–water partition coefficient (Wildman–Crippen LogP) is 6.67. The van der Waals surface area contributed by atoms with Crippen molar-refractivity contribution >= 4 is 45.4 Å². The van der Waals surface area contributed by atoms with Gasteiger partial charge >= 0.3 is 5.97 Å². The fourth-order valence-corrected chi connectivity index (χ4v) is 3.69. The van der Waals surface area contributed by atoms with Gasteiger partial charge in [-0.25, -0.2) is 18.0 Å². The van der Waals surface area contributed by atoms with Crippen LogP contribution < -0.4 is 5.32 Å². The first kappa shape index (κ1) is 20.2. The van der Waals surface area contributed by atoms with Crippen molar-refractivity contribution in [1.82, 2.24) is 4.98 Å². The standard InChI is InChI=1S/C22H16ClF3N2O2/c23-13-1-3-18-15(9-13)20(28-19-4-2-14(24)10-16(19)21(29)30)17(11-27-18)12-5-7-22(25,26)8-6-12/h1-5,9-11H,6-8H2,(H,27,28)(H,29,30). The normalized spacial score (nSPS) is 15.7. The van der Waals surface area contributed by atoms with Crippen LogP contribution >= 0.6 is 11.6 Å². The molecule has 4 rings (SSSR count). The van der Waals surface area contributed by atoms with E-state index in [0.717, 1.165) is 12.1 Å². The second-order valence-corrected chi connectivity index (χ2v) is 7.55. The van der Waals surface area contributed by atoms with Crippen LogP contribution in [0.15, 0.2) is 48.7 Å². The smallest absolute Gasteiger partial charge is 0.337 e. The average Bonchev–Trinajstić information content (AvgIpc) is 2.69. The Balaban J connectivity index is 1.90. The van der Waals surface area contributed by atoms with E-state index in [0.29, 0.717) is 32.7 Å². The molecule has 0 bridgehead atoms. The molecule has 2 aromatic carbocycles. The molecule has 154 valence electrons. The maximum atomic E-state index is 13.6. The van der Waals surface area contributed by atoms with Crippen LogP contribution in [-0.4, -0.2) is 22.0 Å². The largest absolute Gasteiger partial charge is 0.478 e. The van der Waals surface area contributed by atoms with Gasteiger partial charge in [0.1, 0.15) is 5.82 Å². The van der Waals surface area contributed by atoms with Gasteiger partial charge in [0.05, 0.1) is 22.5 Å². The molecule has 1 aliphatic carbocycles. The number of carbonyl (C=O) groups is 1. The highest BCUT2D eigenvalue weighted by Gasteiger charge is 2.32. The Hall–Kier alpha value is -3.06. The number of fused-ring (bicyclic) bond motifs is 1. The summed E-state index contributed by atoms with van der Waals surface area (Å²) in [6.45, 7) is 0. The van der Waals surface area contributed by atoms with E-state index in [-0.39, 0.29) is 30.5 Å². The number of rotatable bonds is 4. The minimum absolute atomic E-state index is 0.143. The maximum absolute atomic E-state index is 13.6. The Labute approximate surface area is 175 Å². The molecule has 4 nitrogen and oxygen atoms in total. The van der Waals surface area contributed by atoms with Crippen molar-refractivity contribution in [3.05, 3.63) is 70.6 Å². The number of nitrogens with one attached hydrogen (secondary N) is 1. The maximum Gasteiger partial charge on any atom is 0.337 e. The number of carboxylic acids is 1. The van der Waals surface area contributed by atoms with E-state index in [1.165, 1.54) is 12.1 Å². The molecule has 8 heteroatoms. The second kappa shape index (κ2) is 7.65. The lowest BCUT2D eigenvalue weighted by Crippen LogP contribution is -2.18. The van der Waals surface area contributed by atoms with E-state index in [1.54, 1.807) is 24.4 Å². The zero-order valence-electron chi connectivity index (χ0n) is 15.6. The molecule has 1 aromatic heterocycles. The number of benzene rings is 2. The molecule has 0 fully saturated rings. The van der Waals surface area contributed by atoms with E-state index in [9.17, 15) is 23.1 Å². The van der Waals surface area contributed by atoms with Gasteiger partial charge in [0.2, 0.25) is 0 Å². The predicted molar refractivity (Wildman–Crippen MR) is 110 cm³/mol. The second-order valence-electron chi connectivity index (χ2n) is 7.12. The van der Waals surface area contributed by atoms with Crippen LogP contribution in [0.3, 0.4) is 0 Å². The van der Waals surface area contributed by atoms with Gasteiger partial charge in [-0.05, 0) is 48.4 Å². The van der Waals surface area contributed by atoms with Gasteiger partial charge in [0, 0.05) is 35.0 Å². The number of hydrogen-bond donors (Lipinski definition) is 2. The van der Waals surface area contributed by atoms with E-state index in [2.05, 4.69) is 10.3 Å². The third-order valence-electron chi connectivity index (χ3n) is 5.05. The van der Waals surface area contributed by atoms with Crippen LogP contribution in [0.1, 0.15) is 35.2 Å². The van der Waals surface area contributed by atoms with Gasteiger partial charge in [-0.3, -0.25) is 4.98 Å². The molecule has 0 saturated carbocycles. The summed E-state index contributed by atoms with van der Waals surface area (Å²) in [6, 6.07) is 8.42. The summed E-state index contributed by atoms with van der Waals surface area (Å²) in [7, 11) is 0. The van der Waals surface area contributed by atoms with E-state index >= 15 is 0 Å². The van der Waals surface area contributed by atoms with Gasteiger partial charge in [0.25, 0.3) is 5.92 Å². The monoisotopic (exact) mass is 432 g/mol. The molecular weight excluding hydrogens is 417 g/mol. The first-order valence-electron chi connectivity index (χ1n) is 9.19. The molecule has 0 spiro atoms. The minimum Gasteiger partial charge on any atom is -0.478 e. The molecule has 0 atom stereocenters. The lowest BCUT2D eigenvalue weighted by molar-refractivity contribution is -0.00603. The number of aromatic nitrogens is 1. The number of aromatic carboxylic acids is 1. The molecule has 0 radical (unpaired) electrons. The molecule has 0 unspecified atom stereocenters. The van der Waals surface area contributed by atoms with Crippen molar-refractivity contribution in [2.24, 2.45) is 0 Å². The van der Waals surface area contributed by atoms with Gasteiger partial charge in [0.15, 0.2) is 0 Å². The highest BCUT2D eigenvalue weighted by Crippen LogP contribution is 2.41. The van der Waals surface area contributed by atoms with Crippen LogP contribution in [0, 0.1) is 5.82 Å². The van der Waals surface area contributed by atoms with Crippen molar-refractivity contribution in [2.75, 3.05) is 5.32 Å². The molecular formula is C22H16ClF3N2O2. The summed E-state index contributed by atoms with van der Waals surface area (Å²) in [6.07, 6.45) is 2.52. The molecule has 0 saturated heterocycles. The summed E-state index contributed by atoms with van der Waals surface area (Å²) >= 11 is 6.16. The van der Waals surface area contributed by atoms with E-state index < -0.39 is 17.7 Å². The zero-order valence-corrected chi connectivity index (χ0v) is 16.3. The highest BCUT2D eigenvalue weighted by molar-refractivity contribution is 6.31. The fourth-order valence-electron chi connectivity index (χ4n) is 3.52. The highest BCUT2D eigenvalue weighted by atomic mass is 35.5. The average molecular weight is 433 g/mol. The Kier molecular flexibility index (Phi) is 5.15. The van der Waals surface area contributed by atoms with Crippen LogP contribution in [-0.2, 0) is 0 Å². The van der Waals surface area contributed by atoms with E-state index in [4.69, 9.17) is 11.6 Å². The number of carboxylic acid groups (broad SMARTS) is 1. The number of alkyl halides is 2. The number of allylic oxidation sites excluding steroid dienone is 2. The van der Waals surface area contributed by atoms with Crippen LogP contribution in [0.5, 0.6) is 0 Å². The van der Waals surface area contributed by atoms with Crippen molar-refractivity contribution in [1.29, 1.82) is 0 Å². The topological polar surface area (TPSA) is 62.2 Å². The molecule has 3 aromatic rings. The molecule has 0 amide bonds. The molecule has 1 aliphatic rings. The summed E-state index contributed by atoms with van der Waals surface area (Å²) in [5, 5.41) is 13.6. The third kappa shape index (κ3) is 3.98. The Morgan fingerprint density at radius 3 is 2.70 bits per heavy atom. The van der Waals surface area contributed by atoms with Crippen LogP contribution in [0.2, 0.25) is 5.02 Å². The van der Waals surface area contributed by atoms with Gasteiger partial charge in [-0.15, -0.1) is 0 Å². The number of anilines is 2. The summed E-state index contributed by atoms with van der Waals surface area (Å²) in [5.74, 6) is -4.73. The number of pyridine rings is 1. The number of halogens is 4. The first-order chi connectivity index (χ1) is 14.2. The zero-order chi connectivity index (χ0) is 21.5. The summed E-state index contributed by atoms with van der Waals surface area (Å²) in [4.78, 5) is 16.0. The first-order valence-corrected chi connectivity index (χ1v) is 9.57. The van der Waals surface area contributed by atoms with Gasteiger partial charge < -0.3 is 10.4 Å². The summed E-state index contributed by atoms with van der Waals surface area (Å²) in [5.41, 5.74) is 2.23. The minimum atomic E-state index is -2.75. The molecule has 1 heterocycles. The quantitative estimate of drug-likeness (QED) is 0.483. The Morgan fingerprint density at radius 1 is 1.20 bits per heavy atom. The van der Waals surface area contributed by atoms with Crippen LogP contribution in [0.4, 0.5) is 24.5 Å². The molecule has 30 heavy (non-hydrogen) atoms. The Bertz CT molecular complexity index is 1190. The fraction of sp³-hybridized carbons (Fsp3) is 0.182. The number of hydrogen-bond acceptors (Lipinski definition) is 3. The van der Waals surface area contributed by atoms with Gasteiger partial charge in [-0.2, -0.15) is 0 Å². The van der Waals surface area contributed by atoms with Crippen molar-refractivity contribution in [3.8, 4) is 0 Å². The van der Waals surface area contributed by atoms with E-state index in [1.807, 2.05) is 0 Å². The lowest BCUT2D eigenvalue weighted by Gasteiger charge is -2.24. The van der Waals surface area contributed by atoms with Gasteiger partial charge in [-0.1, -0.05) is 17.7 Å². The summed E-state index contributed by atoms with van der Waals surface area (Å²) < 4.78 is 40.9. The Morgan fingerprint density at radius 2 is 2.00 bits per heavy atom. The number of nitrogens with zero attached hydrogens (tertiary/aromatic N) is 1. The molecule has 2 N–H and O–H groups in total.